The van der Waals surface area contributed by atoms with E-state index < -0.39 is 15.9 Å². The first-order valence-electron chi connectivity index (χ1n) is 10.3. The normalized spacial score (nSPS) is 13.4. The second-order valence-corrected chi connectivity index (χ2v) is 9.73. The summed E-state index contributed by atoms with van der Waals surface area (Å²) in [5.41, 5.74) is 2.38. The van der Waals surface area contributed by atoms with E-state index in [-0.39, 0.29) is 21.5 Å². The van der Waals surface area contributed by atoms with Gasteiger partial charge >= 0.3 is 0 Å². The smallest absolute Gasteiger partial charge is 0.255 e. The van der Waals surface area contributed by atoms with Gasteiger partial charge < -0.3 is 14.8 Å². The van der Waals surface area contributed by atoms with Crippen molar-refractivity contribution < 1.29 is 22.7 Å². The van der Waals surface area contributed by atoms with E-state index in [1.165, 1.54) is 18.2 Å². The highest BCUT2D eigenvalue weighted by Gasteiger charge is 2.29. The fourth-order valence-corrected chi connectivity index (χ4v) is 5.15. The first-order chi connectivity index (χ1) is 15.8. The van der Waals surface area contributed by atoms with Gasteiger partial charge in [0.2, 0.25) is 10.0 Å². The number of sulfonamides is 1. The summed E-state index contributed by atoms with van der Waals surface area (Å²) in [6.07, 6.45) is 1.59. The van der Waals surface area contributed by atoms with Gasteiger partial charge in [0, 0.05) is 22.9 Å². The highest BCUT2D eigenvalue weighted by molar-refractivity contribution is 7.89. The number of halogens is 1. The van der Waals surface area contributed by atoms with Crippen molar-refractivity contribution in [2.75, 3.05) is 19.5 Å². The molecule has 1 aliphatic rings. The van der Waals surface area contributed by atoms with E-state index in [9.17, 15) is 13.2 Å². The quantitative estimate of drug-likeness (QED) is 0.480. The maximum atomic E-state index is 12.9. The lowest BCUT2D eigenvalue weighted by Crippen LogP contribution is -2.26. The van der Waals surface area contributed by atoms with E-state index in [1.807, 2.05) is 24.3 Å². The molecular weight excluding hydrogens is 464 g/mol. The molecule has 3 aromatic carbocycles. The van der Waals surface area contributed by atoms with Crippen LogP contribution in [0.3, 0.4) is 0 Å². The molecule has 172 valence electrons. The molecule has 0 unspecified atom stereocenters. The van der Waals surface area contributed by atoms with E-state index >= 15 is 0 Å². The second kappa shape index (κ2) is 9.43. The van der Waals surface area contributed by atoms with Crippen LogP contribution in [0.15, 0.2) is 65.6 Å². The molecule has 0 aliphatic heterocycles. The summed E-state index contributed by atoms with van der Waals surface area (Å²) >= 11 is 6.12. The summed E-state index contributed by atoms with van der Waals surface area (Å²) < 4.78 is 38.5. The number of carbonyl (C=O) groups is 1. The molecule has 0 saturated heterocycles. The molecule has 0 heterocycles. The molecule has 2 N–H and O–H groups in total. The van der Waals surface area contributed by atoms with Crippen molar-refractivity contribution >= 4 is 33.2 Å². The molecule has 4 rings (SSSR count). The summed E-state index contributed by atoms with van der Waals surface area (Å²) in [7, 11) is -0.629. The number of ether oxygens (including phenoxy) is 2. The van der Waals surface area contributed by atoms with Crippen molar-refractivity contribution in [2.45, 2.75) is 23.8 Å². The van der Waals surface area contributed by atoms with Crippen molar-refractivity contribution in [3.05, 3.63) is 71.2 Å². The third kappa shape index (κ3) is 5.30. The molecular formula is C24H23ClN2O5S. The average molecular weight is 487 g/mol. The molecule has 0 spiro atoms. The Balaban J connectivity index is 1.60. The summed E-state index contributed by atoms with van der Waals surface area (Å²) in [6.45, 7) is 0. The Hall–Kier alpha value is -3.07. The Morgan fingerprint density at radius 2 is 1.70 bits per heavy atom. The summed E-state index contributed by atoms with van der Waals surface area (Å²) in [6, 6.07) is 16.8. The third-order valence-corrected chi connectivity index (χ3v) is 7.24. The third-order valence-electron chi connectivity index (χ3n) is 5.24. The van der Waals surface area contributed by atoms with E-state index in [1.54, 1.807) is 32.4 Å². The predicted octanol–water partition coefficient (Wildman–Crippen LogP) is 4.72. The van der Waals surface area contributed by atoms with E-state index in [0.29, 0.717) is 11.4 Å². The number of hydrogen-bond donors (Lipinski definition) is 2. The first-order valence-corrected chi connectivity index (χ1v) is 12.1. The Morgan fingerprint density at radius 3 is 2.33 bits per heavy atom. The van der Waals surface area contributed by atoms with Crippen LogP contribution in [-0.4, -0.2) is 34.6 Å². The lowest BCUT2D eigenvalue weighted by molar-refractivity contribution is 0.102. The van der Waals surface area contributed by atoms with Crippen molar-refractivity contribution in [1.82, 2.24) is 4.72 Å². The molecule has 0 aromatic heterocycles. The Kier molecular flexibility index (Phi) is 6.60. The van der Waals surface area contributed by atoms with Gasteiger partial charge in [-0.05, 0) is 66.9 Å². The first kappa shape index (κ1) is 23.1. The summed E-state index contributed by atoms with van der Waals surface area (Å²) in [5, 5.41) is 2.88. The van der Waals surface area contributed by atoms with Gasteiger partial charge in [0.25, 0.3) is 5.91 Å². The van der Waals surface area contributed by atoms with Gasteiger partial charge in [0.1, 0.15) is 16.4 Å². The number of methoxy groups -OCH3 is 2. The molecule has 1 amide bonds. The largest absolute Gasteiger partial charge is 0.497 e. The number of rotatable bonds is 8. The maximum absolute atomic E-state index is 12.9. The van der Waals surface area contributed by atoms with Crippen LogP contribution in [0, 0.1) is 0 Å². The van der Waals surface area contributed by atoms with Gasteiger partial charge in [-0.15, -0.1) is 0 Å². The lowest BCUT2D eigenvalue weighted by atomic mass is 10.0. The van der Waals surface area contributed by atoms with Crippen molar-refractivity contribution in [3.8, 4) is 22.6 Å². The van der Waals surface area contributed by atoms with Crippen molar-refractivity contribution in [3.63, 3.8) is 0 Å². The average Bonchev–Trinajstić information content (AvgIpc) is 3.62. The maximum Gasteiger partial charge on any atom is 0.255 e. The molecule has 33 heavy (non-hydrogen) atoms. The van der Waals surface area contributed by atoms with Crippen LogP contribution in [0.2, 0.25) is 5.02 Å². The SMILES string of the molecule is COc1ccc(-c2cc(NC(=O)c3ccc(Cl)c(S(=O)(=O)NC4CC4)c3)ccc2OC)cc1. The lowest BCUT2D eigenvalue weighted by Gasteiger charge is -2.13. The molecule has 1 fully saturated rings. The molecule has 1 aliphatic carbocycles. The van der Waals surface area contributed by atoms with Gasteiger partial charge in [-0.2, -0.15) is 0 Å². The number of hydrogen-bond acceptors (Lipinski definition) is 5. The minimum absolute atomic E-state index is 0.0611. The zero-order valence-corrected chi connectivity index (χ0v) is 19.7. The van der Waals surface area contributed by atoms with Gasteiger partial charge in [-0.3, -0.25) is 4.79 Å². The monoisotopic (exact) mass is 486 g/mol. The number of nitrogens with one attached hydrogen (secondary N) is 2. The zero-order valence-electron chi connectivity index (χ0n) is 18.1. The molecule has 3 aromatic rings. The summed E-state index contributed by atoms with van der Waals surface area (Å²) in [4.78, 5) is 12.8. The highest BCUT2D eigenvalue weighted by Crippen LogP contribution is 2.34. The van der Waals surface area contributed by atoms with Crippen molar-refractivity contribution in [1.29, 1.82) is 0 Å². The Labute approximate surface area is 197 Å². The fraction of sp³-hybridized carbons (Fsp3) is 0.208. The standard InChI is InChI=1S/C24H23ClN2O5S/c1-31-19-9-3-15(4-10-19)20-14-18(8-12-22(20)32-2)26-24(28)16-5-11-21(25)23(13-16)33(29,30)27-17-6-7-17/h3-5,8-14,17,27H,6-7H2,1-2H3,(H,26,28). The minimum atomic E-state index is -3.80. The Morgan fingerprint density at radius 1 is 0.970 bits per heavy atom. The second-order valence-electron chi connectivity index (χ2n) is 7.64. The molecule has 0 radical (unpaired) electrons. The van der Waals surface area contributed by atoms with E-state index in [2.05, 4.69) is 10.0 Å². The molecule has 1 saturated carbocycles. The predicted molar refractivity (Wildman–Crippen MR) is 128 cm³/mol. The van der Waals surface area contributed by atoms with Crippen LogP contribution < -0.4 is 19.5 Å². The van der Waals surface area contributed by atoms with E-state index in [4.69, 9.17) is 21.1 Å². The number of amides is 1. The number of anilines is 1. The minimum Gasteiger partial charge on any atom is -0.497 e. The van der Waals surface area contributed by atoms with Crippen LogP contribution in [0.25, 0.3) is 11.1 Å². The van der Waals surface area contributed by atoms with Crippen molar-refractivity contribution in [2.24, 2.45) is 0 Å². The van der Waals surface area contributed by atoms with Crippen LogP contribution >= 0.6 is 11.6 Å². The number of benzene rings is 3. The molecule has 9 heteroatoms. The Bertz CT molecular complexity index is 1290. The van der Waals surface area contributed by atoms with Crippen LogP contribution in [0.5, 0.6) is 11.5 Å². The number of carbonyl (C=O) groups excluding carboxylic acids is 1. The molecule has 0 bridgehead atoms. The fourth-order valence-electron chi connectivity index (χ4n) is 3.32. The van der Waals surface area contributed by atoms with Gasteiger partial charge in [-0.1, -0.05) is 23.7 Å². The van der Waals surface area contributed by atoms with E-state index in [0.717, 1.165) is 29.7 Å². The van der Waals surface area contributed by atoms with Crippen LogP contribution in [0.4, 0.5) is 5.69 Å². The van der Waals surface area contributed by atoms with Crippen LogP contribution in [-0.2, 0) is 10.0 Å². The van der Waals surface area contributed by atoms with Crippen LogP contribution in [0.1, 0.15) is 23.2 Å². The summed E-state index contributed by atoms with van der Waals surface area (Å²) in [5.74, 6) is 0.913. The zero-order chi connectivity index (χ0) is 23.6. The highest BCUT2D eigenvalue weighted by atomic mass is 35.5. The van der Waals surface area contributed by atoms with Gasteiger partial charge in [0.15, 0.2) is 0 Å². The van der Waals surface area contributed by atoms with Gasteiger partial charge in [0.05, 0.1) is 19.2 Å². The molecule has 0 atom stereocenters. The topological polar surface area (TPSA) is 93.7 Å². The van der Waals surface area contributed by atoms with Gasteiger partial charge in [-0.25, -0.2) is 13.1 Å². The molecule has 7 nitrogen and oxygen atoms in total.